The average molecular weight is 347 g/mol. The van der Waals surface area contributed by atoms with E-state index in [1.54, 1.807) is 17.0 Å². The lowest BCUT2D eigenvalue weighted by atomic mass is 9.92. The number of hydrogen-bond donors (Lipinski definition) is 0. The zero-order valence-corrected chi connectivity index (χ0v) is 15.2. The van der Waals surface area contributed by atoms with E-state index >= 15 is 0 Å². The molecule has 1 spiro atoms. The number of likely N-dealkylation sites (tertiary alicyclic amines) is 1. The van der Waals surface area contributed by atoms with Crippen LogP contribution >= 0.6 is 0 Å². The highest BCUT2D eigenvalue weighted by Crippen LogP contribution is 2.34. The first-order valence-corrected chi connectivity index (χ1v) is 8.86. The highest BCUT2D eigenvalue weighted by Gasteiger charge is 2.48. The Morgan fingerprint density at radius 3 is 2.76 bits per heavy atom. The Morgan fingerprint density at radius 2 is 2.08 bits per heavy atom. The minimum atomic E-state index is -0.349. The molecule has 0 N–H and O–H groups in total. The number of carbonyl (C=O) groups is 2. The van der Waals surface area contributed by atoms with Crippen molar-refractivity contribution in [3.8, 4) is 0 Å². The first-order valence-electron chi connectivity index (χ1n) is 8.86. The van der Waals surface area contributed by atoms with Crippen molar-refractivity contribution in [1.29, 1.82) is 0 Å². The van der Waals surface area contributed by atoms with Gasteiger partial charge in [-0.25, -0.2) is 4.39 Å². The molecule has 0 bridgehead atoms. The van der Waals surface area contributed by atoms with E-state index < -0.39 is 0 Å². The van der Waals surface area contributed by atoms with Crippen molar-refractivity contribution in [1.82, 2.24) is 9.80 Å². The van der Waals surface area contributed by atoms with Crippen molar-refractivity contribution >= 4 is 17.5 Å². The van der Waals surface area contributed by atoms with Crippen molar-refractivity contribution < 1.29 is 14.0 Å². The summed E-state index contributed by atoms with van der Waals surface area (Å²) in [5, 5.41) is 0. The van der Waals surface area contributed by atoms with Crippen LogP contribution in [0.15, 0.2) is 24.3 Å². The molecule has 0 aliphatic carbocycles. The fourth-order valence-corrected chi connectivity index (χ4v) is 3.83. The van der Waals surface area contributed by atoms with Crippen LogP contribution in [0.5, 0.6) is 0 Å². The molecule has 2 amide bonds. The number of hydrogen-bond acceptors (Lipinski definition) is 3. The zero-order valence-electron chi connectivity index (χ0n) is 15.2. The minimum Gasteiger partial charge on any atom is -0.341 e. The lowest BCUT2D eigenvalue weighted by Gasteiger charge is -2.46. The molecule has 1 aromatic rings. The van der Waals surface area contributed by atoms with E-state index in [-0.39, 0.29) is 29.7 Å². The summed E-state index contributed by atoms with van der Waals surface area (Å²) in [6.07, 6.45) is 1.37. The van der Waals surface area contributed by atoms with Gasteiger partial charge in [0.05, 0.1) is 12.1 Å². The number of rotatable bonds is 3. The number of halogens is 1. The van der Waals surface area contributed by atoms with Gasteiger partial charge in [-0.3, -0.25) is 14.5 Å². The Labute approximate surface area is 148 Å². The number of piperazine rings is 1. The zero-order chi connectivity index (χ0) is 18.2. The Hall–Kier alpha value is -1.95. The number of amides is 2. The molecule has 2 heterocycles. The van der Waals surface area contributed by atoms with Gasteiger partial charge < -0.3 is 9.80 Å². The maximum Gasteiger partial charge on any atom is 0.241 e. The smallest absolute Gasteiger partial charge is 0.241 e. The molecule has 25 heavy (non-hydrogen) atoms. The Bertz CT molecular complexity index is 678. The first kappa shape index (κ1) is 17.9. The van der Waals surface area contributed by atoms with Gasteiger partial charge in [-0.15, -0.1) is 0 Å². The second-order valence-electron chi connectivity index (χ2n) is 7.70. The normalized spacial score (nSPS) is 24.6. The third-order valence-corrected chi connectivity index (χ3v) is 5.32. The van der Waals surface area contributed by atoms with E-state index in [1.807, 2.05) is 25.8 Å². The Balaban J connectivity index is 1.79. The maximum atomic E-state index is 13.6. The summed E-state index contributed by atoms with van der Waals surface area (Å²) in [4.78, 5) is 30.6. The topological polar surface area (TPSA) is 43.9 Å². The van der Waals surface area contributed by atoms with Gasteiger partial charge in [0.1, 0.15) is 5.82 Å². The van der Waals surface area contributed by atoms with E-state index in [9.17, 15) is 14.0 Å². The monoisotopic (exact) mass is 347 g/mol. The van der Waals surface area contributed by atoms with Crippen LogP contribution in [0.2, 0.25) is 0 Å². The summed E-state index contributed by atoms with van der Waals surface area (Å²) in [6, 6.07) is 6.15. The predicted molar refractivity (Wildman–Crippen MR) is 94.8 cm³/mol. The van der Waals surface area contributed by atoms with Gasteiger partial charge in [0.25, 0.3) is 0 Å². The van der Waals surface area contributed by atoms with E-state index in [0.717, 1.165) is 6.42 Å². The molecule has 2 aliphatic heterocycles. The van der Waals surface area contributed by atoms with Crippen LogP contribution in [0.25, 0.3) is 0 Å². The van der Waals surface area contributed by atoms with Gasteiger partial charge in [-0.1, -0.05) is 19.9 Å². The summed E-state index contributed by atoms with van der Waals surface area (Å²) in [5.41, 5.74) is 0.330. The van der Waals surface area contributed by atoms with Crippen LogP contribution in [0.3, 0.4) is 0 Å². The van der Waals surface area contributed by atoms with Gasteiger partial charge in [0.15, 0.2) is 0 Å². The Kier molecular flexibility index (Phi) is 4.82. The number of benzene rings is 1. The highest BCUT2D eigenvalue weighted by atomic mass is 19.1. The molecule has 2 aliphatic rings. The van der Waals surface area contributed by atoms with Gasteiger partial charge in [-0.05, 0) is 37.6 Å². The molecule has 0 saturated carbocycles. The van der Waals surface area contributed by atoms with Crippen molar-refractivity contribution in [2.45, 2.75) is 32.2 Å². The third kappa shape index (κ3) is 3.54. The van der Waals surface area contributed by atoms with Crippen LogP contribution in [-0.4, -0.2) is 60.4 Å². The first-order chi connectivity index (χ1) is 11.8. The number of carbonyl (C=O) groups excluding carboxylic acids is 2. The minimum absolute atomic E-state index is 0.0364. The van der Waals surface area contributed by atoms with Gasteiger partial charge in [-0.2, -0.15) is 0 Å². The van der Waals surface area contributed by atoms with Gasteiger partial charge in [0, 0.05) is 31.7 Å². The summed E-state index contributed by atoms with van der Waals surface area (Å²) in [5.74, 6) is 0.122. The molecule has 5 nitrogen and oxygen atoms in total. The third-order valence-electron chi connectivity index (χ3n) is 5.32. The molecule has 6 heteroatoms. The average Bonchev–Trinajstić information content (AvgIpc) is 2.96. The van der Waals surface area contributed by atoms with Gasteiger partial charge >= 0.3 is 0 Å². The van der Waals surface area contributed by atoms with E-state index in [4.69, 9.17) is 0 Å². The lowest BCUT2D eigenvalue weighted by molar-refractivity contribution is -0.131. The summed E-state index contributed by atoms with van der Waals surface area (Å²) in [6.45, 7) is 6.18. The van der Waals surface area contributed by atoms with E-state index in [2.05, 4.69) is 4.90 Å². The maximum absolute atomic E-state index is 13.6. The van der Waals surface area contributed by atoms with Crippen molar-refractivity contribution in [2.75, 3.05) is 38.1 Å². The Morgan fingerprint density at radius 1 is 1.32 bits per heavy atom. The standard InChI is InChI=1S/C19H26FN3O2/c1-14(2)9-17(24)22-8-7-19(12-22)13-23(18(25)11-21(19)3)16-6-4-5-15(20)10-16/h4-6,10,14H,7-9,11-13H2,1-3H3. The molecule has 1 aromatic carbocycles. The van der Waals surface area contributed by atoms with E-state index in [0.29, 0.717) is 37.7 Å². The summed E-state index contributed by atoms with van der Waals surface area (Å²) >= 11 is 0. The largest absolute Gasteiger partial charge is 0.341 e. The van der Waals surface area contributed by atoms with Crippen LogP contribution in [0.4, 0.5) is 10.1 Å². The molecule has 2 fully saturated rings. The van der Waals surface area contributed by atoms with Crippen LogP contribution in [0.1, 0.15) is 26.7 Å². The summed E-state index contributed by atoms with van der Waals surface area (Å²) < 4.78 is 13.6. The lowest BCUT2D eigenvalue weighted by Crippen LogP contribution is -2.64. The molecule has 3 rings (SSSR count). The van der Waals surface area contributed by atoms with Crippen LogP contribution in [-0.2, 0) is 9.59 Å². The number of likely N-dealkylation sites (N-methyl/N-ethyl adjacent to an activating group) is 1. The fraction of sp³-hybridized carbons (Fsp3) is 0.579. The van der Waals surface area contributed by atoms with Crippen molar-refractivity contribution in [3.63, 3.8) is 0 Å². The van der Waals surface area contributed by atoms with E-state index in [1.165, 1.54) is 12.1 Å². The van der Waals surface area contributed by atoms with Gasteiger partial charge in [0.2, 0.25) is 11.8 Å². The molecule has 2 saturated heterocycles. The second kappa shape index (κ2) is 6.75. The van der Waals surface area contributed by atoms with Crippen LogP contribution < -0.4 is 4.90 Å². The second-order valence-corrected chi connectivity index (χ2v) is 7.70. The predicted octanol–water partition coefficient (Wildman–Crippen LogP) is 2.12. The molecule has 1 atom stereocenters. The molecule has 1 unspecified atom stereocenters. The van der Waals surface area contributed by atoms with Crippen molar-refractivity contribution in [3.05, 3.63) is 30.1 Å². The molecule has 0 aromatic heterocycles. The quantitative estimate of drug-likeness (QED) is 0.841. The van der Waals surface area contributed by atoms with Crippen molar-refractivity contribution in [2.24, 2.45) is 5.92 Å². The summed E-state index contributed by atoms with van der Waals surface area (Å²) in [7, 11) is 1.94. The number of nitrogens with zero attached hydrogens (tertiary/aromatic N) is 3. The molecular formula is C19H26FN3O2. The molecule has 136 valence electrons. The number of anilines is 1. The fourth-order valence-electron chi connectivity index (χ4n) is 3.83. The molecular weight excluding hydrogens is 321 g/mol. The van der Waals surface area contributed by atoms with Crippen LogP contribution in [0, 0.1) is 11.7 Å². The molecule has 0 radical (unpaired) electrons. The SMILES string of the molecule is CC(C)CC(=O)N1CCC2(C1)CN(c1cccc(F)c1)C(=O)CN2C. The highest BCUT2D eigenvalue weighted by molar-refractivity contribution is 5.96.